The fourth-order valence-electron chi connectivity index (χ4n) is 2.40. The van der Waals surface area contributed by atoms with Gasteiger partial charge in [-0.2, -0.15) is 5.10 Å². The van der Waals surface area contributed by atoms with Gasteiger partial charge in [-0.05, 0) is 24.3 Å². The summed E-state index contributed by atoms with van der Waals surface area (Å²) in [6, 6.07) is 12.4. The molecule has 28 heavy (non-hydrogen) atoms. The molecule has 2 aromatic carbocycles. The van der Waals surface area contributed by atoms with E-state index < -0.39 is 10.8 Å². The van der Waals surface area contributed by atoms with Gasteiger partial charge in [0.25, 0.3) is 11.6 Å². The minimum Gasteiger partial charge on any atom is -0.494 e. The fourth-order valence-corrected chi connectivity index (χ4v) is 2.59. The summed E-state index contributed by atoms with van der Waals surface area (Å²) in [5.41, 5.74) is 0.373. The molecule has 0 spiro atoms. The minimum atomic E-state index is -0.546. The number of nitro benzene ring substituents is 1. The number of benzene rings is 2. The Morgan fingerprint density at radius 3 is 2.75 bits per heavy atom. The number of amides is 1. The van der Waals surface area contributed by atoms with E-state index in [0.717, 1.165) is 0 Å². The molecule has 1 amide bonds. The van der Waals surface area contributed by atoms with Crippen LogP contribution in [0.3, 0.4) is 0 Å². The van der Waals surface area contributed by atoms with Crippen LogP contribution in [0.4, 0.5) is 11.4 Å². The summed E-state index contributed by atoms with van der Waals surface area (Å²) in [5.74, 6) is 0.149. The lowest BCUT2D eigenvalue weighted by Crippen LogP contribution is -2.20. The van der Waals surface area contributed by atoms with Gasteiger partial charge in [0, 0.05) is 12.3 Å². The van der Waals surface area contributed by atoms with Gasteiger partial charge in [0.05, 0.1) is 28.8 Å². The first kappa shape index (κ1) is 19.2. The number of methoxy groups -OCH3 is 1. The van der Waals surface area contributed by atoms with Crippen LogP contribution in [0, 0.1) is 10.1 Å². The lowest BCUT2D eigenvalue weighted by Gasteiger charge is -2.12. The molecule has 0 aliphatic carbocycles. The highest BCUT2D eigenvalue weighted by Gasteiger charge is 2.17. The standard InChI is InChI=1S/C18H15ClN4O5/c1-27-17-10-12(23(25)26)6-7-14(17)21-18(24)15-8-9-20-22(15)11-28-16-5-3-2-4-13(16)19/h2-10H,11H2,1H3,(H,21,24). The Balaban J connectivity index is 1.75. The Bertz CT molecular complexity index is 1020. The molecule has 0 unspecified atom stereocenters. The van der Waals surface area contributed by atoms with E-state index in [0.29, 0.717) is 10.8 Å². The third kappa shape index (κ3) is 4.21. The summed E-state index contributed by atoms with van der Waals surface area (Å²) in [7, 11) is 1.36. The first-order valence-corrected chi connectivity index (χ1v) is 8.40. The lowest BCUT2D eigenvalue weighted by molar-refractivity contribution is -0.384. The average Bonchev–Trinajstić information content (AvgIpc) is 3.16. The number of carbonyl (C=O) groups excluding carboxylic acids is 1. The predicted octanol–water partition coefficient (Wildman–Crippen LogP) is 3.74. The lowest BCUT2D eigenvalue weighted by atomic mass is 10.2. The van der Waals surface area contributed by atoms with Crippen molar-refractivity contribution in [2.24, 2.45) is 0 Å². The van der Waals surface area contributed by atoms with Gasteiger partial charge in [-0.15, -0.1) is 0 Å². The van der Waals surface area contributed by atoms with Gasteiger partial charge < -0.3 is 14.8 Å². The molecule has 3 aromatic rings. The van der Waals surface area contributed by atoms with E-state index in [1.807, 2.05) is 0 Å². The van der Waals surface area contributed by atoms with Crippen molar-refractivity contribution in [3.63, 3.8) is 0 Å². The summed E-state index contributed by atoms with van der Waals surface area (Å²) in [6.45, 7) is -0.0309. The molecule has 0 aliphatic heterocycles. The largest absolute Gasteiger partial charge is 0.494 e. The van der Waals surface area contributed by atoms with Gasteiger partial charge in [-0.1, -0.05) is 23.7 Å². The van der Waals surface area contributed by atoms with E-state index in [4.69, 9.17) is 21.1 Å². The average molecular weight is 403 g/mol. The monoisotopic (exact) mass is 402 g/mol. The zero-order valence-corrected chi connectivity index (χ0v) is 15.4. The Morgan fingerprint density at radius 2 is 2.04 bits per heavy atom. The highest BCUT2D eigenvalue weighted by molar-refractivity contribution is 6.32. The number of hydrogen-bond donors (Lipinski definition) is 1. The van der Waals surface area contributed by atoms with Crippen molar-refractivity contribution in [1.82, 2.24) is 9.78 Å². The van der Waals surface area contributed by atoms with Crippen LogP contribution in [-0.2, 0) is 6.73 Å². The number of non-ortho nitro benzene ring substituents is 1. The van der Waals surface area contributed by atoms with Crippen molar-refractivity contribution >= 4 is 28.9 Å². The van der Waals surface area contributed by atoms with Crippen LogP contribution >= 0.6 is 11.6 Å². The number of nitrogens with one attached hydrogen (secondary N) is 1. The van der Waals surface area contributed by atoms with Crippen molar-refractivity contribution in [2.45, 2.75) is 6.73 Å². The second kappa shape index (κ2) is 8.40. The molecule has 10 heteroatoms. The highest BCUT2D eigenvalue weighted by atomic mass is 35.5. The van der Waals surface area contributed by atoms with Crippen LogP contribution in [0.15, 0.2) is 54.7 Å². The number of anilines is 1. The maximum atomic E-state index is 12.6. The Morgan fingerprint density at radius 1 is 1.25 bits per heavy atom. The number of ether oxygens (including phenoxy) is 2. The molecule has 0 fully saturated rings. The fraction of sp³-hybridized carbons (Fsp3) is 0.111. The Hall–Kier alpha value is -3.59. The number of carbonyl (C=O) groups is 1. The van der Waals surface area contributed by atoms with E-state index >= 15 is 0 Å². The molecule has 3 rings (SSSR count). The van der Waals surface area contributed by atoms with Crippen LogP contribution < -0.4 is 14.8 Å². The van der Waals surface area contributed by atoms with Crippen LogP contribution in [0.2, 0.25) is 5.02 Å². The Kier molecular flexibility index (Phi) is 5.75. The summed E-state index contributed by atoms with van der Waals surface area (Å²) in [5, 5.41) is 18.0. The van der Waals surface area contributed by atoms with E-state index in [9.17, 15) is 14.9 Å². The van der Waals surface area contributed by atoms with Crippen LogP contribution in [-0.4, -0.2) is 27.7 Å². The second-order valence-electron chi connectivity index (χ2n) is 5.52. The van der Waals surface area contributed by atoms with Gasteiger partial charge in [-0.3, -0.25) is 14.9 Å². The molecule has 0 radical (unpaired) electrons. The maximum Gasteiger partial charge on any atom is 0.274 e. The van der Waals surface area contributed by atoms with E-state index in [-0.39, 0.29) is 29.5 Å². The summed E-state index contributed by atoms with van der Waals surface area (Å²) < 4.78 is 12.1. The van der Waals surface area contributed by atoms with E-state index in [2.05, 4.69) is 10.4 Å². The number of rotatable bonds is 7. The van der Waals surface area contributed by atoms with Crippen molar-refractivity contribution in [3.05, 3.63) is 75.6 Å². The normalized spacial score (nSPS) is 10.4. The van der Waals surface area contributed by atoms with Gasteiger partial charge in [0.15, 0.2) is 6.73 Å². The quantitative estimate of drug-likeness (QED) is 0.476. The van der Waals surface area contributed by atoms with Gasteiger partial charge in [0.1, 0.15) is 17.2 Å². The molecule has 144 valence electrons. The zero-order valence-electron chi connectivity index (χ0n) is 14.7. The topological polar surface area (TPSA) is 109 Å². The van der Waals surface area contributed by atoms with Crippen molar-refractivity contribution in [1.29, 1.82) is 0 Å². The van der Waals surface area contributed by atoms with E-state index in [1.54, 1.807) is 24.3 Å². The molecule has 0 saturated heterocycles. The molecule has 1 aromatic heterocycles. The van der Waals surface area contributed by atoms with Crippen molar-refractivity contribution in [2.75, 3.05) is 12.4 Å². The molecule has 1 N–H and O–H groups in total. The van der Waals surface area contributed by atoms with Gasteiger partial charge in [0.2, 0.25) is 0 Å². The maximum absolute atomic E-state index is 12.6. The van der Waals surface area contributed by atoms with Crippen molar-refractivity contribution < 1.29 is 19.2 Å². The van der Waals surface area contributed by atoms with Crippen LogP contribution in [0.1, 0.15) is 10.5 Å². The number of hydrogen-bond acceptors (Lipinski definition) is 6. The molecule has 0 bridgehead atoms. The van der Waals surface area contributed by atoms with Crippen LogP contribution in [0.25, 0.3) is 0 Å². The first-order valence-electron chi connectivity index (χ1n) is 8.02. The summed E-state index contributed by atoms with van der Waals surface area (Å²) in [6.07, 6.45) is 1.46. The summed E-state index contributed by atoms with van der Waals surface area (Å²) >= 11 is 6.05. The van der Waals surface area contributed by atoms with Gasteiger partial charge >= 0.3 is 0 Å². The molecule has 0 atom stereocenters. The number of nitrogens with zero attached hydrogens (tertiary/aromatic N) is 3. The van der Waals surface area contributed by atoms with E-state index in [1.165, 1.54) is 42.3 Å². The first-order chi connectivity index (χ1) is 13.5. The number of nitro groups is 1. The number of halogens is 1. The molecule has 9 nitrogen and oxygen atoms in total. The van der Waals surface area contributed by atoms with Crippen molar-refractivity contribution in [3.8, 4) is 11.5 Å². The number of para-hydroxylation sites is 1. The molecule has 0 aliphatic rings. The molecular weight excluding hydrogens is 388 g/mol. The van der Waals surface area contributed by atoms with Crippen LogP contribution in [0.5, 0.6) is 11.5 Å². The van der Waals surface area contributed by atoms with Gasteiger partial charge in [-0.25, -0.2) is 4.68 Å². The Labute approximate surface area is 164 Å². The SMILES string of the molecule is COc1cc([N+](=O)[O-])ccc1NC(=O)c1ccnn1COc1ccccc1Cl. The predicted molar refractivity (Wildman–Crippen MR) is 102 cm³/mol. The molecular formula is C18H15ClN4O5. The number of aromatic nitrogens is 2. The highest BCUT2D eigenvalue weighted by Crippen LogP contribution is 2.29. The smallest absolute Gasteiger partial charge is 0.274 e. The zero-order chi connectivity index (χ0) is 20.1. The third-order valence-electron chi connectivity index (χ3n) is 3.77. The molecule has 1 heterocycles. The summed E-state index contributed by atoms with van der Waals surface area (Å²) in [4.78, 5) is 22.9. The second-order valence-corrected chi connectivity index (χ2v) is 5.92. The third-order valence-corrected chi connectivity index (χ3v) is 4.08. The minimum absolute atomic E-state index is 0.0309. The molecule has 0 saturated carbocycles.